The van der Waals surface area contributed by atoms with Gasteiger partial charge in [-0.05, 0) is 11.6 Å². The number of amides is 3. The topological polar surface area (TPSA) is 92.5 Å². The first-order valence-corrected chi connectivity index (χ1v) is 5.05. The molecule has 0 fully saturated rings. The summed E-state index contributed by atoms with van der Waals surface area (Å²) in [5, 5.41) is 0. The normalized spacial score (nSPS) is 14.5. The highest BCUT2D eigenvalue weighted by molar-refractivity contribution is 6.11. The fraction of sp³-hybridized carbons (Fsp3) is 0.182. The van der Waals surface area contributed by atoms with E-state index in [2.05, 4.69) is 0 Å². The Hall–Kier alpha value is -2.21. The van der Waals surface area contributed by atoms with E-state index in [1.165, 1.54) is 0 Å². The Balaban J connectivity index is 2.30. The minimum atomic E-state index is -0.578. The number of imide groups is 1. The third kappa shape index (κ3) is 2.02. The number of nitrogens with zero attached hydrogens (tertiary/aromatic N) is 1. The fourth-order valence-electron chi connectivity index (χ4n) is 1.75. The average molecular weight is 233 g/mol. The summed E-state index contributed by atoms with van der Waals surface area (Å²) in [4.78, 5) is 35.7. The Labute approximate surface area is 97.4 Å². The van der Waals surface area contributed by atoms with Crippen LogP contribution in [-0.2, 0) is 16.0 Å². The zero-order valence-electron chi connectivity index (χ0n) is 8.97. The number of hydrogen-bond donors (Lipinski definition) is 2. The second kappa shape index (κ2) is 4.34. The standard InChI is InChI=1S/C11H11N3O3/c12-13-9(15)6-14-10(16)5-7-3-1-2-4-8(7)11(14)17/h1-4H,5-6,12H2,(H,13,15). The molecule has 0 saturated heterocycles. The first-order chi connectivity index (χ1) is 8.13. The van der Waals surface area contributed by atoms with Crippen molar-refractivity contribution in [3.05, 3.63) is 35.4 Å². The molecule has 0 bridgehead atoms. The van der Waals surface area contributed by atoms with Gasteiger partial charge < -0.3 is 0 Å². The van der Waals surface area contributed by atoms with Crippen molar-refractivity contribution >= 4 is 17.7 Å². The molecule has 3 N–H and O–H groups in total. The van der Waals surface area contributed by atoms with Gasteiger partial charge in [0.1, 0.15) is 6.54 Å². The summed E-state index contributed by atoms with van der Waals surface area (Å²) in [5.74, 6) is 3.50. The Morgan fingerprint density at radius 1 is 1.35 bits per heavy atom. The van der Waals surface area contributed by atoms with Crippen molar-refractivity contribution in [1.29, 1.82) is 0 Å². The van der Waals surface area contributed by atoms with Crippen LogP contribution in [0.15, 0.2) is 24.3 Å². The first kappa shape index (κ1) is 11.3. The third-order valence-electron chi connectivity index (χ3n) is 2.60. The van der Waals surface area contributed by atoms with Crippen molar-refractivity contribution in [1.82, 2.24) is 10.3 Å². The number of rotatable bonds is 2. The van der Waals surface area contributed by atoms with Gasteiger partial charge in [-0.1, -0.05) is 18.2 Å². The molecule has 1 aliphatic heterocycles. The predicted octanol–water partition coefficient (Wildman–Crippen LogP) is -0.799. The number of hydrazine groups is 1. The molecule has 1 heterocycles. The van der Waals surface area contributed by atoms with Crippen molar-refractivity contribution in [2.24, 2.45) is 5.84 Å². The molecule has 1 aromatic rings. The molecular formula is C11H11N3O3. The monoisotopic (exact) mass is 233 g/mol. The zero-order valence-corrected chi connectivity index (χ0v) is 8.97. The Bertz CT molecular complexity index is 498. The lowest BCUT2D eigenvalue weighted by molar-refractivity contribution is -0.133. The van der Waals surface area contributed by atoms with Crippen molar-refractivity contribution < 1.29 is 14.4 Å². The van der Waals surface area contributed by atoms with Crippen LogP contribution in [0.25, 0.3) is 0 Å². The number of nitrogens with one attached hydrogen (secondary N) is 1. The molecule has 6 heteroatoms. The van der Waals surface area contributed by atoms with E-state index in [4.69, 9.17) is 5.84 Å². The van der Waals surface area contributed by atoms with E-state index in [0.29, 0.717) is 11.1 Å². The van der Waals surface area contributed by atoms with Crippen molar-refractivity contribution in [3.63, 3.8) is 0 Å². The van der Waals surface area contributed by atoms with E-state index < -0.39 is 17.7 Å². The minimum Gasteiger partial charge on any atom is -0.293 e. The molecule has 1 aromatic carbocycles. The lowest BCUT2D eigenvalue weighted by Gasteiger charge is -2.25. The predicted molar refractivity (Wildman–Crippen MR) is 58.5 cm³/mol. The van der Waals surface area contributed by atoms with Gasteiger partial charge in [-0.15, -0.1) is 0 Å². The van der Waals surface area contributed by atoms with Crippen LogP contribution in [0.4, 0.5) is 0 Å². The fourth-order valence-corrected chi connectivity index (χ4v) is 1.75. The molecule has 17 heavy (non-hydrogen) atoms. The van der Waals surface area contributed by atoms with Crippen molar-refractivity contribution in [3.8, 4) is 0 Å². The number of fused-ring (bicyclic) bond motifs is 1. The summed E-state index contributed by atoms with van der Waals surface area (Å²) < 4.78 is 0. The van der Waals surface area contributed by atoms with E-state index in [-0.39, 0.29) is 13.0 Å². The Kier molecular flexibility index (Phi) is 2.88. The van der Waals surface area contributed by atoms with Gasteiger partial charge in [0, 0.05) is 5.56 Å². The molecule has 6 nitrogen and oxygen atoms in total. The van der Waals surface area contributed by atoms with E-state index in [9.17, 15) is 14.4 Å². The number of benzene rings is 1. The molecule has 2 rings (SSSR count). The molecule has 3 amide bonds. The van der Waals surface area contributed by atoms with Crippen LogP contribution in [0.5, 0.6) is 0 Å². The molecule has 0 unspecified atom stereocenters. The van der Waals surface area contributed by atoms with Crippen LogP contribution in [0.2, 0.25) is 0 Å². The number of carbonyl (C=O) groups is 3. The highest BCUT2D eigenvalue weighted by Gasteiger charge is 2.31. The van der Waals surface area contributed by atoms with Gasteiger partial charge in [-0.3, -0.25) is 24.7 Å². The number of carbonyl (C=O) groups excluding carboxylic acids is 3. The zero-order chi connectivity index (χ0) is 12.4. The summed E-state index contributed by atoms with van der Waals surface area (Å²) in [6.45, 7) is -0.345. The van der Waals surface area contributed by atoms with Crippen LogP contribution in [-0.4, -0.2) is 29.2 Å². The van der Waals surface area contributed by atoms with Crippen LogP contribution >= 0.6 is 0 Å². The molecule has 0 saturated carbocycles. The van der Waals surface area contributed by atoms with Gasteiger partial charge in [-0.2, -0.15) is 0 Å². The number of hydrogen-bond acceptors (Lipinski definition) is 4. The van der Waals surface area contributed by atoms with E-state index in [0.717, 1.165) is 4.90 Å². The summed E-state index contributed by atoms with van der Waals surface area (Å²) in [5.41, 5.74) is 3.03. The van der Waals surface area contributed by atoms with Crippen LogP contribution in [0.1, 0.15) is 15.9 Å². The highest BCUT2D eigenvalue weighted by Crippen LogP contribution is 2.19. The van der Waals surface area contributed by atoms with Gasteiger partial charge in [0.2, 0.25) is 5.91 Å². The highest BCUT2D eigenvalue weighted by atomic mass is 16.2. The van der Waals surface area contributed by atoms with Gasteiger partial charge in [0.25, 0.3) is 11.8 Å². The molecule has 0 spiro atoms. The maximum absolute atomic E-state index is 12.0. The summed E-state index contributed by atoms with van der Waals surface area (Å²) >= 11 is 0. The van der Waals surface area contributed by atoms with Gasteiger partial charge in [0.05, 0.1) is 6.42 Å². The molecule has 0 aromatic heterocycles. The van der Waals surface area contributed by atoms with E-state index >= 15 is 0 Å². The summed E-state index contributed by atoms with van der Waals surface area (Å²) in [6, 6.07) is 6.85. The van der Waals surface area contributed by atoms with Crippen LogP contribution in [0, 0.1) is 0 Å². The third-order valence-corrected chi connectivity index (χ3v) is 2.60. The molecule has 0 aliphatic carbocycles. The number of nitrogens with two attached hydrogens (primary N) is 1. The van der Waals surface area contributed by atoms with Crippen molar-refractivity contribution in [2.45, 2.75) is 6.42 Å². The second-order valence-electron chi connectivity index (χ2n) is 3.69. The lowest BCUT2D eigenvalue weighted by atomic mass is 9.98. The SMILES string of the molecule is NNC(=O)CN1C(=O)Cc2ccccc2C1=O. The van der Waals surface area contributed by atoms with Gasteiger partial charge >= 0.3 is 0 Å². The van der Waals surface area contributed by atoms with Crippen LogP contribution < -0.4 is 11.3 Å². The maximum atomic E-state index is 12.0. The van der Waals surface area contributed by atoms with Gasteiger partial charge in [-0.25, -0.2) is 5.84 Å². The average Bonchev–Trinajstić information content (AvgIpc) is 2.34. The van der Waals surface area contributed by atoms with Gasteiger partial charge in [0.15, 0.2) is 0 Å². The van der Waals surface area contributed by atoms with Crippen molar-refractivity contribution in [2.75, 3.05) is 6.54 Å². The molecule has 0 atom stereocenters. The van der Waals surface area contributed by atoms with Crippen LogP contribution in [0.3, 0.4) is 0 Å². The van der Waals surface area contributed by atoms with E-state index in [1.54, 1.807) is 24.3 Å². The molecule has 88 valence electrons. The lowest BCUT2D eigenvalue weighted by Crippen LogP contribution is -2.48. The summed E-state index contributed by atoms with van der Waals surface area (Å²) in [6.07, 6.45) is 0.125. The second-order valence-corrected chi connectivity index (χ2v) is 3.69. The first-order valence-electron chi connectivity index (χ1n) is 5.05. The molecule has 0 radical (unpaired) electrons. The largest absolute Gasteiger partial charge is 0.293 e. The minimum absolute atomic E-state index is 0.125. The molecule has 1 aliphatic rings. The quantitative estimate of drug-likeness (QED) is 0.303. The molecular weight excluding hydrogens is 222 g/mol. The van der Waals surface area contributed by atoms with E-state index in [1.807, 2.05) is 5.43 Å². The Morgan fingerprint density at radius 3 is 2.76 bits per heavy atom. The maximum Gasteiger partial charge on any atom is 0.261 e. The summed E-state index contributed by atoms with van der Waals surface area (Å²) in [7, 11) is 0. The smallest absolute Gasteiger partial charge is 0.261 e. The Morgan fingerprint density at radius 2 is 2.06 bits per heavy atom.